The smallest absolute Gasteiger partial charge is 0.257 e. The summed E-state index contributed by atoms with van der Waals surface area (Å²) < 4.78 is 6.68. The number of fused-ring (bicyclic) bond motifs is 1. The van der Waals surface area contributed by atoms with Crippen LogP contribution in [0.4, 0.5) is 5.69 Å². The summed E-state index contributed by atoms with van der Waals surface area (Å²) in [6, 6.07) is 7.16. The minimum Gasteiger partial charge on any atom is -0.497 e. The molecule has 6 nitrogen and oxygen atoms in total. The first-order valence-electron chi connectivity index (χ1n) is 7.22. The van der Waals surface area contributed by atoms with Crippen LogP contribution in [0.3, 0.4) is 0 Å². The first-order valence-corrected chi connectivity index (χ1v) is 8.21. The van der Waals surface area contributed by atoms with E-state index in [1.807, 2.05) is 0 Å². The monoisotopic (exact) mass is 331 g/mol. The second kappa shape index (κ2) is 6.45. The minimum absolute atomic E-state index is 0.0792. The molecule has 2 aromatic rings. The van der Waals surface area contributed by atoms with Gasteiger partial charge in [0.2, 0.25) is 5.91 Å². The number of hydrogen-bond donors (Lipinski definition) is 1. The van der Waals surface area contributed by atoms with Crippen molar-refractivity contribution in [2.45, 2.75) is 18.6 Å². The van der Waals surface area contributed by atoms with Crippen molar-refractivity contribution in [2.24, 2.45) is 5.92 Å². The van der Waals surface area contributed by atoms with Crippen LogP contribution in [-0.4, -0.2) is 28.3 Å². The topological polar surface area (TPSA) is 73.2 Å². The van der Waals surface area contributed by atoms with Gasteiger partial charge in [-0.2, -0.15) is 0 Å². The normalized spacial score (nSPS) is 16.5. The van der Waals surface area contributed by atoms with E-state index in [9.17, 15) is 9.59 Å². The van der Waals surface area contributed by atoms with E-state index in [2.05, 4.69) is 10.3 Å². The summed E-state index contributed by atoms with van der Waals surface area (Å²) >= 11 is 1.44. The van der Waals surface area contributed by atoms with Gasteiger partial charge in [0, 0.05) is 29.7 Å². The van der Waals surface area contributed by atoms with E-state index in [0.717, 1.165) is 5.75 Å². The number of nitrogens with one attached hydrogen (secondary N) is 1. The van der Waals surface area contributed by atoms with Crippen molar-refractivity contribution in [3.8, 4) is 5.75 Å². The average molecular weight is 331 g/mol. The van der Waals surface area contributed by atoms with Gasteiger partial charge >= 0.3 is 0 Å². The number of rotatable bonds is 3. The third-order valence-electron chi connectivity index (χ3n) is 3.73. The van der Waals surface area contributed by atoms with Crippen molar-refractivity contribution >= 4 is 23.4 Å². The Morgan fingerprint density at radius 2 is 2.13 bits per heavy atom. The quantitative estimate of drug-likeness (QED) is 0.870. The van der Waals surface area contributed by atoms with Crippen molar-refractivity contribution in [1.29, 1.82) is 0 Å². The Balaban J connectivity index is 1.73. The summed E-state index contributed by atoms with van der Waals surface area (Å²) in [7, 11) is 1.60. The zero-order valence-corrected chi connectivity index (χ0v) is 13.7. The molecule has 1 aromatic carbocycles. The Morgan fingerprint density at radius 3 is 2.83 bits per heavy atom. The standard InChI is InChI=1S/C16H17N3O3S/c1-10-7-17-16-19(15(10)21)8-11(9-23-16)14(20)18-12-3-5-13(22-2)6-4-12/h3-7,11H,8-9H2,1-2H3,(H,18,20). The first-order chi connectivity index (χ1) is 11.1. The summed E-state index contributed by atoms with van der Waals surface area (Å²) in [4.78, 5) is 28.9. The lowest BCUT2D eigenvalue weighted by Gasteiger charge is -2.24. The number of carbonyl (C=O) groups excluding carboxylic acids is 1. The number of amides is 1. The Kier molecular flexibility index (Phi) is 4.38. The van der Waals surface area contributed by atoms with Crippen LogP contribution in [0, 0.1) is 12.8 Å². The second-order valence-corrected chi connectivity index (χ2v) is 6.35. The van der Waals surface area contributed by atoms with Gasteiger partial charge in [0.15, 0.2) is 5.16 Å². The number of nitrogens with zero attached hydrogens (tertiary/aromatic N) is 2. The number of aromatic nitrogens is 2. The highest BCUT2D eigenvalue weighted by Gasteiger charge is 2.27. The van der Waals surface area contributed by atoms with Gasteiger partial charge in [-0.05, 0) is 31.2 Å². The Morgan fingerprint density at radius 1 is 1.39 bits per heavy atom. The third kappa shape index (κ3) is 3.24. The molecular formula is C16H17N3O3S. The maximum absolute atomic E-state index is 12.4. The zero-order valence-electron chi connectivity index (χ0n) is 12.9. The molecule has 0 aliphatic carbocycles. The van der Waals surface area contributed by atoms with Crippen LogP contribution in [0.25, 0.3) is 0 Å². The Labute approximate surface area is 137 Å². The number of methoxy groups -OCH3 is 1. The summed E-state index contributed by atoms with van der Waals surface area (Å²) in [5.74, 6) is 0.980. The van der Waals surface area contributed by atoms with Crippen molar-refractivity contribution in [2.75, 3.05) is 18.2 Å². The molecule has 1 amide bonds. The Hall–Kier alpha value is -2.28. The number of anilines is 1. The fourth-order valence-electron chi connectivity index (χ4n) is 2.38. The van der Waals surface area contributed by atoms with Gasteiger partial charge in [-0.25, -0.2) is 4.98 Å². The van der Waals surface area contributed by atoms with Crippen LogP contribution in [0.5, 0.6) is 5.75 Å². The highest BCUT2D eigenvalue weighted by molar-refractivity contribution is 7.99. The lowest BCUT2D eigenvalue weighted by molar-refractivity contribution is -0.119. The fourth-order valence-corrected chi connectivity index (χ4v) is 3.43. The number of carbonyl (C=O) groups is 1. The molecule has 3 rings (SSSR count). The van der Waals surface area contributed by atoms with E-state index in [0.29, 0.717) is 28.7 Å². The van der Waals surface area contributed by atoms with Crippen molar-refractivity contribution in [3.05, 3.63) is 46.4 Å². The Bertz CT molecular complexity index is 786. The van der Waals surface area contributed by atoms with E-state index in [1.165, 1.54) is 11.8 Å². The first kappa shape index (κ1) is 15.6. The molecule has 1 aromatic heterocycles. The summed E-state index contributed by atoms with van der Waals surface area (Å²) in [5.41, 5.74) is 1.22. The molecule has 0 saturated heterocycles. The molecule has 23 heavy (non-hydrogen) atoms. The van der Waals surface area contributed by atoms with E-state index in [-0.39, 0.29) is 17.4 Å². The summed E-state index contributed by atoms with van der Waals surface area (Å²) in [5, 5.41) is 3.56. The van der Waals surface area contributed by atoms with Crippen LogP contribution in [0.15, 0.2) is 40.4 Å². The molecule has 1 aliphatic rings. The molecule has 2 heterocycles. The summed E-state index contributed by atoms with van der Waals surface area (Å²) in [6.07, 6.45) is 1.58. The van der Waals surface area contributed by atoms with Crippen LogP contribution in [0.1, 0.15) is 5.56 Å². The van der Waals surface area contributed by atoms with Crippen LogP contribution in [0.2, 0.25) is 0 Å². The lowest BCUT2D eigenvalue weighted by Crippen LogP contribution is -2.37. The largest absolute Gasteiger partial charge is 0.497 e. The molecule has 0 spiro atoms. The average Bonchev–Trinajstić information content (AvgIpc) is 2.58. The second-order valence-electron chi connectivity index (χ2n) is 5.37. The molecule has 120 valence electrons. The number of aryl methyl sites for hydroxylation is 1. The molecule has 7 heteroatoms. The lowest BCUT2D eigenvalue weighted by atomic mass is 10.1. The van der Waals surface area contributed by atoms with E-state index in [1.54, 1.807) is 49.1 Å². The highest BCUT2D eigenvalue weighted by Crippen LogP contribution is 2.26. The van der Waals surface area contributed by atoms with Gasteiger partial charge in [0.1, 0.15) is 5.75 Å². The van der Waals surface area contributed by atoms with Gasteiger partial charge in [0.05, 0.1) is 13.0 Å². The SMILES string of the molecule is COc1ccc(NC(=O)C2CSc3ncc(C)c(=O)n3C2)cc1. The number of ether oxygens (including phenoxy) is 1. The number of benzene rings is 1. The van der Waals surface area contributed by atoms with Gasteiger partial charge in [-0.3, -0.25) is 14.2 Å². The van der Waals surface area contributed by atoms with Crippen molar-refractivity contribution in [3.63, 3.8) is 0 Å². The van der Waals surface area contributed by atoms with E-state index < -0.39 is 0 Å². The highest BCUT2D eigenvalue weighted by atomic mass is 32.2. The molecular weight excluding hydrogens is 314 g/mol. The summed E-state index contributed by atoms with van der Waals surface area (Å²) in [6.45, 7) is 2.09. The van der Waals surface area contributed by atoms with Crippen LogP contribution < -0.4 is 15.6 Å². The van der Waals surface area contributed by atoms with E-state index >= 15 is 0 Å². The van der Waals surface area contributed by atoms with Gasteiger partial charge in [0.25, 0.3) is 5.56 Å². The third-order valence-corrected chi connectivity index (χ3v) is 4.88. The molecule has 0 radical (unpaired) electrons. The molecule has 0 fully saturated rings. The van der Waals surface area contributed by atoms with Gasteiger partial charge in [-0.15, -0.1) is 0 Å². The van der Waals surface area contributed by atoms with Crippen LogP contribution >= 0.6 is 11.8 Å². The molecule has 1 unspecified atom stereocenters. The molecule has 1 atom stereocenters. The molecule has 0 saturated carbocycles. The predicted octanol–water partition coefficient (Wildman–Crippen LogP) is 1.92. The minimum atomic E-state index is -0.268. The van der Waals surface area contributed by atoms with Crippen LogP contribution in [-0.2, 0) is 11.3 Å². The molecule has 1 aliphatic heterocycles. The molecule has 0 bridgehead atoms. The van der Waals surface area contributed by atoms with Crippen molar-refractivity contribution in [1.82, 2.24) is 9.55 Å². The van der Waals surface area contributed by atoms with Gasteiger partial charge < -0.3 is 10.1 Å². The maximum atomic E-state index is 12.4. The van der Waals surface area contributed by atoms with E-state index in [4.69, 9.17) is 4.74 Å². The number of hydrogen-bond acceptors (Lipinski definition) is 5. The van der Waals surface area contributed by atoms with Gasteiger partial charge in [-0.1, -0.05) is 11.8 Å². The van der Waals surface area contributed by atoms with Crippen molar-refractivity contribution < 1.29 is 9.53 Å². The fraction of sp³-hybridized carbons (Fsp3) is 0.312. The zero-order chi connectivity index (χ0) is 16.4. The maximum Gasteiger partial charge on any atom is 0.257 e. The predicted molar refractivity (Wildman–Crippen MR) is 89.1 cm³/mol. The molecule has 1 N–H and O–H groups in total. The number of thioether (sulfide) groups is 1.